The molecular formula is C22H20ClN3O. The highest BCUT2D eigenvalue weighted by molar-refractivity contribution is 6.30. The summed E-state index contributed by atoms with van der Waals surface area (Å²) >= 11 is 5.95. The van der Waals surface area contributed by atoms with Crippen molar-refractivity contribution >= 4 is 28.2 Å². The Morgan fingerprint density at radius 2 is 1.81 bits per heavy atom. The molecule has 4 rings (SSSR count). The molecule has 1 aliphatic rings. The number of hydrogen-bond donors (Lipinski definition) is 1. The predicted octanol–water partition coefficient (Wildman–Crippen LogP) is 4.71. The molecule has 0 amide bonds. The van der Waals surface area contributed by atoms with Crippen LogP contribution in [0.15, 0.2) is 54.6 Å². The van der Waals surface area contributed by atoms with E-state index in [0.717, 1.165) is 48.1 Å². The van der Waals surface area contributed by atoms with Crippen LogP contribution in [0.5, 0.6) is 0 Å². The number of nitriles is 1. The molecule has 2 heterocycles. The normalized spacial score (nSPS) is 16.3. The van der Waals surface area contributed by atoms with Crippen molar-refractivity contribution in [2.45, 2.75) is 18.9 Å². The third kappa shape index (κ3) is 3.62. The first-order valence-corrected chi connectivity index (χ1v) is 9.52. The van der Waals surface area contributed by atoms with E-state index in [2.05, 4.69) is 16.0 Å². The van der Waals surface area contributed by atoms with Crippen molar-refractivity contribution in [2.24, 2.45) is 5.92 Å². The van der Waals surface area contributed by atoms with E-state index in [0.29, 0.717) is 10.7 Å². The highest BCUT2D eigenvalue weighted by Crippen LogP contribution is 2.35. The van der Waals surface area contributed by atoms with E-state index in [-0.39, 0.29) is 5.92 Å². The lowest BCUT2D eigenvalue weighted by molar-refractivity contribution is 0.0930. The number of hydrogen-bond acceptors (Lipinski definition) is 4. The van der Waals surface area contributed by atoms with E-state index < -0.39 is 6.10 Å². The molecule has 5 heteroatoms. The van der Waals surface area contributed by atoms with Crippen LogP contribution >= 0.6 is 11.6 Å². The Hall–Kier alpha value is -2.61. The molecule has 1 unspecified atom stereocenters. The fourth-order valence-corrected chi connectivity index (χ4v) is 3.99. The highest BCUT2D eigenvalue weighted by atomic mass is 35.5. The number of halogens is 1. The van der Waals surface area contributed by atoms with Gasteiger partial charge >= 0.3 is 0 Å². The van der Waals surface area contributed by atoms with E-state index in [1.807, 2.05) is 54.6 Å². The number of aromatic nitrogens is 1. The van der Waals surface area contributed by atoms with Gasteiger partial charge in [0.25, 0.3) is 0 Å². The molecule has 1 aliphatic heterocycles. The van der Waals surface area contributed by atoms with Crippen molar-refractivity contribution in [3.05, 3.63) is 70.9 Å². The average molecular weight is 378 g/mol. The summed E-state index contributed by atoms with van der Waals surface area (Å²) in [5.74, 6) is 0.214. The van der Waals surface area contributed by atoms with Crippen LogP contribution in [0, 0.1) is 17.2 Å². The topological polar surface area (TPSA) is 60.2 Å². The van der Waals surface area contributed by atoms with Crippen molar-refractivity contribution < 1.29 is 5.11 Å². The lowest BCUT2D eigenvalue weighted by Crippen LogP contribution is -2.35. The second-order valence-corrected chi connectivity index (χ2v) is 7.41. The van der Waals surface area contributed by atoms with Crippen LogP contribution in [0.4, 0.5) is 5.69 Å². The minimum atomic E-state index is -0.478. The number of aliphatic hydroxyl groups excluding tert-OH is 1. The number of fused-ring (bicyclic) bond motifs is 1. The zero-order valence-corrected chi connectivity index (χ0v) is 15.6. The van der Waals surface area contributed by atoms with Crippen LogP contribution < -0.4 is 4.90 Å². The molecule has 1 fully saturated rings. The van der Waals surface area contributed by atoms with Gasteiger partial charge in [0.1, 0.15) is 11.8 Å². The number of benzene rings is 2. The molecule has 0 bridgehead atoms. The summed E-state index contributed by atoms with van der Waals surface area (Å²) < 4.78 is 0. The first kappa shape index (κ1) is 17.8. The SMILES string of the molecule is N#Cc1cc(N2CCC(C(O)c3ccc(Cl)cc3)CC2)c2ccccc2n1. The molecule has 2 aromatic carbocycles. The zero-order chi connectivity index (χ0) is 18.8. The number of aliphatic hydroxyl groups is 1. The fraction of sp³-hybridized carbons (Fsp3) is 0.273. The van der Waals surface area contributed by atoms with Gasteiger partial charge in [0, 0.05) is 29.2 Å². The molecule has 1 atom stereocenters. The summed E-state index contributed by atoms with van der Waals surface area (Å²) in [6, 6.07) is 19.4. The van der Waals surface area contributed by atoms with Gasteiger partial charge < -0.3 is 10.0 Å². The lowest BCUT2D eigenvalue weighted by atomic mass is 9.87. The molecule has 4 nitrogen and oxygen atoms in total. The van der Waals surface area contributed by atoms with Crippen LogP contribution in [0.2, 0.25) is 5.02 Å². The van der Waals surface area contributed by atoms with Crippen LogP contribution in [0.1, 0.15) is 30.2 Å². The van der Waals surface area contributed by atoms with Gasteiger partial charge in [0.05, 0.1) is 11.6 Å². The molecule has 1 aromatic heterocycles. The van der Waals surface area contributed by atoms with Crippen molar-refractivity contribution in [2.75, 3.05) is 18.0 Å². The Labute approximate surface area is 163 Å². The molecule has 0 spiro atoms. The Bertz CT molecular complexity index is 989. The second-order valence-electron chi connectivity index (χ2n) is 6.98. The number of para-hydroxylation sites is 1. The summed E-state index contributed by atoms with van der Waals surface area (Å²) in [5.41, 5.74) is 3.25. The summed E-state index contributed by atoms with van der Waals surface area (Å²) in [5, 5.41) is 21.8. The van der Waals surface area contributed by atoms with E-state index in [1.165, 1.54) is 0 Å². The van der Waals surface area contributed by atoms with Gasteiger partial charge in [0.2, 0.25) is 0 Å². The van der Waals surface area contributed by atoms with Gasteiger partial charge in [-0.3, -0.25) is 0 Å². The first-order valence-electron chi connectivity index (χ1n) is 9.14. The Morgan fingerprint density at radius 3 is 2.52 bits per heavy atom. The van der Waals surface area contributed by atoms with Gasteiger partial charge in [-0.15, -0.1) is 0 Å². The van der Waals surface area contributed by atoms with E-state index >= 15 is 0 Å². The molecule has 1 N–H and O–H groups in total. The predicted molar refractivity (Wildman–Crippen MR) is 108 cm³/mol. The second kappa shape index (κ2) is 7.56. The average Bonchev–Trinajstić information content (AvgIpc) is 2.73. The molecule has 0 saturated carbocycles. The third-order valence-electron chi connectivity index (χ3n) is 5.35. The molecule has 3 aromatic rings. The van der Waals surface area contributed by atoms with Crippen molar-refractivity contribution in [3.63, 3.8) is 0 Å². The monoisotopic (exact) mass is 377 g/mol. The number of nitrogens with zero attached hydrogens (tertiary/aromatic N) is 3. The van der Waals surface area contributed by atoms with Crippen molar-refractivity contribution in [1.29, 1.82) is 5.26 Å². The summed E-state index contributed by atoms with van der Waals surface area (Å²) in [6.07, 6.45) is 1.30. The summed E-state index contributed by atoms with van der Waals surface area (Å²) in [7, 11) is 0. The highest BCUT2D eigenvalue weighted by Gasteiger charge is 2.27. The van der Waals surface area contributed by atoms with E-state index in [4.69, 9.17) is 11.6 Å². The van der Waals surface area contributed by atoms with Gasteiger partial charge in [-0.25, -0.2) is 4.98 Å². The molecular weight excluding hydrogens is 358 g/mol. The maximum absolute atomic E-state index is 10.7. The molecule has 27 heavy (non-hydrogen) atoms. The van der Waals surface area contributed by atoms with E-state index in [9.17, 15) is 10.4 Å². The fourth-order valence-electron chi connectivity index (χ4n) is 3.86. The maximum Gasteiger partial charge on any atom is 0.143 e. The van der Waals surface area contributed by atoms with Gasteiger partial charge in [-0.05, 0) is 48.6 Å². The minimum absolute atomic E-state index is 0.214. The molecule has 1 saturated heterocycles. The summed E-state index contributed by atoms with van der Waals surface area (Å²) in [4.78, 5) is 6.70. The van der Waals surface area contributed by atoms with Gasteiger partial charge in [-0.2, -0.15) is 5.26 Å². The van der Waals surface area contributed by atoms with Crippen LogP contribution in [-0.4, -0.2) is 23.2 Å². The van der Waals surface area contributed by atoms with Gasteiger partial charge in [-0.1, -0.05) is 41.9 Å². The smallest absolute Gasteiger partial charge is 0.143 e. The van der Waals surface area contributed by atoms with Gasteiger partial charge in [0.15, 0.2) is 0 Å². The van der Waals surface area contributed by atoms with Crippen molar-refractivity contribution in [1.82, 2.24) is 4.98 Å². The number of pyridine rings is 1. The number of anilines is 1. The molecule has 136 valence electrons. The minimum Gasteiger partial charge on any atom is -0.388 e. The van der Waals surface area contributed by atoms with E-state index in [1.54, 1.807) is 0 Å². The maximum atomic E-state index is 10.7. The van der Waals surface area contributed by atoms with Crippen molar-refractivity contribution in [3.8, 4) is 6.07 Å². The van der Waals surface area contributed by atoms with Crippen LogP contribution in [0.25, 0.3) is 10.9 Å². The molecule has 0 aliphatic carbocycles. The molecule has 0 radical (unpaired) electrons. The quantitative estimate of drug-likeness (QED) is 0.718. The Kier molecular flexibility index (Phi) is 4.98. The number of rotatable bonds is 3. The van der Waals surface area contributed by atoms with Crippen LogP contribution in [-0.2, 0) is 0 Å². The largest absolute Gasteiger partial charge is 0.388 e. The Morgan fingerprint density at radius 1 is 1.11 bits per heavy atom. The third-order valence-corrected chi connectivity index (χ3v) is 5.60. The number of piperidine rings is 1. The van der Waals surface area contributed by atoms with Crippen LogP contribution in [0.3, 0.4) is 0 Å². The Balaban J connectivity index is 1.53. The first-order chi connectivity index (χ1) is 13.2. The summed E-state index contributed by atoms with van der Waals surface area (Å²) in [6.45, 7) is 1.68. The standard InChI is InChI=1S/C22H20ClN3O/c23-17-7-5-15(6-8-17)22(27)16-9-11-26(12-10-16)21-13-18(14-24)25-20-4-2-1-3-19(20)21/h1-8,13,16,22,27H,9-12H2. The lowest BCUT2D eigenvalue weighted by Gasteiger charge is -2.36. The zero-order valence-electron chi connectivity index (χ0n) is 14.8.